The number of benzene rings is 2. The van der Waals surface area contributed by atoms with E-state index in [1.54, 1.807) is 0 Å². The van der Waals surface area contributed by atoms with Gasteiger partial charge in [0.1, 0.15) is 11.9 Å². The van der Waals surface area contributed by atoms with E-state index in [0.717, 1.165) is 18.2 Å². The molecule has 0 aromatic heterocycles. The lowest BCUT2D eigenvalue weighted by Gasteiger charge is -2.17. The van der Waals surface area contributed by atoms with Crippen LogP contribution in [0.15, 0.2) is 48.5 Å². The molecule has 2 rings (SSSR count). The largest absolute Gasteiger partial charge is 0.453 e. The van der Waals surface area contributed by atoms with Crippen molar-refractivity contribution >= 4 is 23.3 Å². The molecular weight excluding hydrogens is 371 g/mol. The third-order valence-corrected chi connectivity index (χ3v) is 3.81. The fourth-order valence-electron chi connectivity index (χ4n) is 2.28. The van der Waals surface area contributed by atoms with Crippen molar-refractivity contribution in [3.63, 3.8) is 0 Å². The Morgan fingerprint density at radius 2 is 1.71 bits per heavy atom. The average Bonchev–Trinajstić information content (AvgIpc) is 2.67. The maximum Gasteiger partial charge on any atom is 0.329 e. The lowest BCUT2D eigenvalue weighted by molar-refractivity contribution is -0.384. The minimum Gasteiger partial charge on any atom is -0.453 e. The number of carbonyl (C=O) groups excluding carboxylic acids is 3. The van der Waals surface area contributed by atoms with Gasteiger partial charge in [-0.1, -0.05) is 6.07 Å². The van der Waals surface area contributed by atoms with Gasteiger partial charge in [-0.2, -0.15) is 0 Å². The van der Waals surface area contributed by atoms with E-state index in [1.807, 2.05) is 0 Å². The van der Waals surface area contributed by atoms with E-state index < -0.39 is 40.5 Å². The van der Waals surface area contributed by atoms with Crippen LogP contribution in [0.3, 0.4) is 0 Å². The topological polar surface area (TPSA) is 116 Å². The normalized spacial score (nSPS) is 12.5. The maximum atomic E-state index is 12.9. The van der Waals surface area contributed by atoms with Crippen molar-refractivity contribution in [1.82, 2.24) is 5.32 Å². The van der Waals surface area contributed by atoms with E-state index in [1.165, 1.54) is 44.2 Å². The second-order valence-electron chi connectivity index (χ2n) is 5.95. The van der Waals surface area contributed by atoms with Gasteiger partial charge in [0.15, 0.2) is 6.10 Å². The molecule has 0 aliphatic rings. The number of non-ortho nitro benzene ring substituents is 1. The molecule has 2 aromatic carbocycles. The number of ether oxygens (including phenoxy) is 1. The Balaban J connectivity index is 1.97. The van der Waals surface area contributed by atoms with E-state index in [4.69, 9.17) is 4.74 Å². The van der Waals surface area contributed by atoms with Crippen LogP contribution < -0.4 is 5.32 Å². The highest BCUT2D eigenvalue weighted by atomic mass is 19.1. The molecule has 9 heteroatoms. The Hall–Kier alpha value is -3.62. The molecule has 1 N–H and O–H groups in total. The van der Waals surface area contributed by atoms with Crippen molar-refractivity contribution in [2.75, 3.05) is 0 Å². The van der Waals surface area contributed by atoms with Gasteiger partial charge >= 0.3 is 5.97 Å². The summed E-state index contributed by atoms with van der Waals surface area (Å²) >= 11 is 0. The van der Waals surface area contributed by atoms with Crippen LogP contribution in [0.4, 0.5) is 10.1 Å². The number of nitro benzene ring substituents is 1. The van der Waals surface area contributed by atoms with Crippen LogP contribution >= 0.6 is 0 Å². The molecule has 0 saturated carbocycles. The Bertz CT molecular complexity index is 913. The van der Waals surface area contributed by atoms with E-state index in [-0.39, 0.29) is 16.8 Å². The minimum absolute atomic E-state index is 0.00397. The van der Waals surface area contributed by atoms with Crippen molar-refractivity contribution in [2.24, 2.45) is 0 Å². The molecule has 0 aliphatic carbocycles. The number of carbonyl (C=O) groups is 3. The zero-order valence-corrected chi connectivity index (χ0v) is 15.0. The number of esters is 1. The lowest BCUT2D eigenvalue weighted by Crippen LogP contribution is -2.41. The molecule has 28 heavy (non-hydrogen) atoms. The Kier molecular flexibility index (Phi) is 6.54. The molecule has 0 unspecified atom stereocenters. The number of halogens is 1. The molecule has 0 aliphatic heterocycles. The Morgan fingerprint density at radius 3 is 2.32 bits per heavy atom. The highest BCUT2D eigenvalue weighted by Crippen LogP contribution is 2.13. The minimum atomic E-state index is -1.14. The summed E-state index contributed by atoms with van der Waals surface area (Å²) < 4.78 is 18.0. The quantitative estimate of drug-likeness (QED) is 0.337. The molecule has 2 aromatic rings. The highest BCUT2D eigenvalue weighted by Gasteiger charge is 2.24. The summed E-state index contributed by atoms with van der Waals surface area (Å²) in [7, 11) is 0. The van der Waals surface area contributed by atoms with Crippen LogP contribution in [0.1, 0.15) is 34.6 Å². The molecule has 0 bridgehead atoms. The second kappa shape index (κ2) is 8.85. The number of nitrogens with one attached hydrogen (secondary N) is 1. The molecule has 2 atom stereocenters. The summed E-state index contributed by atoms with van der Waals surface area (Å²) in [6.45, 7) is 2.71. The van der Waals surface area contributed by atoms with Crippen LogP contribution in [0.5, 0.6) is 0 Å². The van der Waals surface area contributed by atoms with Gasteiger partial charge in [-0.3, -0.25) is 19.7 Å². The first kappa shape index (κ1) is 20.7. The summed E-state index contributed by atoms with van der Waals surface area (Å²) in [6.07, 6.45) is -1.14. The zero-order valence-electron chi connectivity index (χ0n) is 15.0. The molecule has 146 valence electrons. The number of nitrogens with zero attached hydrogens (tertiary/aromatic N) is 1. The Morgan fingerprint density at radius 1 is 1.07 bits per heavy atom. The van der Waals surface area contributed by atoms with Gasteiger partial charge < -0.3 is 10.1 Å². The van der Waals surface area contributed by atoms with Gasteiger partial charge in [0.05, 0.1) is 4.92 Å². The zero-order chi connectivity index (χ0) is 20.8. The van der Waals surface area contributed by atoms with E-state index in [0.29, 0.717) is 0 Å². The summed E-state index contributed by atoms with van der Waals surface area (Å²) in [5.74, 6) is -2.59. The summed E-state index contributed by atoms with van der Waals surface area (Å²) in [5.41, 5.74) is -0.0827. The average molecular weight is 388 g/mol. The first-order chi connectivity index (χ1) is 13.2. The van der Waals surface area contributed by atoms with Crippen molar-refractivity contribution < 1.29 is 28.4 Å². The van der Waals surface area contributed by atoms with Crippen LogP contribution in [0.25, 0.3) is 0 Å². The van der Waals surface area contributed by atoms with E-state index >= 15 is 0 Å². The molecular formula is C19H17FN2O6. The number of ketones is 1. The van der Waals surface area contributed by atoms with Crippen molar-refractivity contribution in [1.29, 1.82) is 0 Å². The van der Waals surface area contributed by atoms with Gasteiger partial charge in [-0.25, -0.2) is 9.18 Å². The molecule has 0 fully saturated rings. The SMILES string of the molecule is C[C@H](NC(=O)c1cccc([N+](=O)[O-])c1)C(=O)O[C@@H](C)C(=O)c1ccc(F)cc1. The maximum absolute atomic E-state index is 12.9. The monoisotopic (exact) mass is 388 g/mol. The predicted octanol–water partition coefficient (Wildman–Crippen LogP) is 2.67. The number of hydrogen-bond acceptors (Lipinski definition) is 6. The van der Waals surface area contributed by atoms with Gasteiger partial charge in [-0.15, -0.1) is 0 Å². The molecule has 0 spiro atoms. The van der Waals surface area contributed by atoms with Crippen LogP contribution in [0.2, 0.25) is 0 Å². The summed E-state index contributed by atoms with van der Waals surface area (Å²) in [4.78, 5) is 46.6. The number of amides is 1. The highest BCUT2D eigenvalue weighted by molar-refractivity contribution is 6.01. The van der Waals surface area contributed by atoms with Gasteiger partial charge in [0.25, 0.3) is 11.6 Å². The molecule has 8 nitrogen and oxygen atoms in total. The summed E-state index contributed by atoms with van der Waals surface area (Å²) in [5, 5.41) is 13.1. The second-order valence-corrected chi connectivity index (χ2v) is 5.95. The van der Waals surface area contributed by atoms with Crippen LogP contribution in [0, 0.1) is 15.9 Å². The van der Waals surface area contributed by atoms with Crippen molar-refractivity contribution in [3.8, 4) is 0 Å². The van der Waals surface area contributed by atoms with E-state index in [2.05, 4.69) is 5.32 Å². The fraction of sp³-hybridized carbons (Fsp3) is 0.211. The van der Waals surface area contributed by atoms with Crippen molar-refractivity contribution in [3.05, 3.63) is 75.6 Å². The first-order valence-electron chi connectivity index (χ1n) is 8.24. The van der Waals surface area contributed by atoms with Crippen LogP contribution in [-0.2, 0) is 9.53 Å². The number of Topliss-reactive ketones (excluding diaryl/α,β-unsaturated/α-hetero) is 1. The molecule has 0 saturated heterocycles. The third-order valence-electron chi connectivity index (χ3n) is 3.81. The van der Waals surface area contributed by atoms with E-state index in [9.17, 15) is 28.9 Å². The number of nitro groups is 1. The third kappa shape index (κ3) is 5.19. The number of rotatable bonds is 7. The predicted molar refractivity (Wildman–Crippen MR) is 96.3 cm³/mol. The van der Waals surface area contributed by atoms with Gasteiger partial charge in [0.2, 0.25) is 5.78 Å². The van der Waals surface area contributed by atoms with Crippen LogP contribution in [-0.4, -0.2) is 34.7 Å². The molecule has 1 amide bonds. The van der Waals surface area contributed by atoms with Crippen molar-refractivity contribution in [2.45, 2.75) is 26.0 Å². The Labute approximate surface area is 159 Å². The van der Waals surface area contributed by atoms with Gasteiger partial charge in [0, 0.05) is 23.3 Å². The smallest absolute Gasteiger partial charge is 0.329 e. The lowest BCUT2D eigenvalue weighted by atomic mass is 10.1. The summed E-state index contributed by atoms with van der Waals surface area (Å²) in [6, 6.07) is 8.69. The standard InChI is InChI=1S/C19H17FN2O6/c1-11(21-18(24)14-4-3-5-16(10-14)22(26)27)19(25)28-12(2)17(23)13-6-8-15(20)9-7-13/h3-12H,1-2H3,(H,21,24)/t11-,12-/m0/s1. The van der Waals surface area contributed by atoms with Gasteiger partial charge in [-0.05, 0) is 44.2 Å². The molecule has 0 heterocycles. The number of hydrogen-bond donors (Lipinski definition) is 1. The first-order valence-corrected chi connectivity index (χ1v) is 8.24. The molecule has 0 radical (unpaired) electrons. The fourth-order valence-corrected chi connectivity index (χ4v) is 2.28.